The van der Waals surface area contributed by atoms with Gasteiger partial charge in [-0.3, -0.25) is 0 Å². The molecule has 2 nitrogen and oxygen atoms in total. The quantitative estimate of drug-likeness (QED) is 0.697. The maximum atomic E-state index is 5.80. The van der Waals surface area contributed by atoms with Crippen molar-refractivity contribution in [3.63, 3.8) is 0 Å². The van der Waals surface area contributed by atoms with Gasteiger partial charge in [0, 0.05) is 7.11 Å². The van der Waals surface area contributed by atoms with E-state index in [1.54, 1.807) is 0 Å². The van der Waals surface area contributed by atoms with Gasteiger partial charge in [0.15, 0.2) is 0 Å². The van der Waals surface area contributed by atoms with Gasteiger partial charge in [-0.15, -0.1) is 0 Å². The third-order valence-electron chi connectivity index (χ3n) is 2.88. The van der Waals surface area contributed by atoms with Crippen LogP contribution in [0.3, 0.4) is 0 Å². The Balaban J connectivity index is 2.16. The van der Waals surface area contributed by atoms with Crippen molar-refractivity contribution in [2.75, 3.05) is 13.7 Å². The lowest BCUT2D eigenvalue weighted by molar-refractivity contribution is -0.0381. The van der Waals surface area contributed by atoms with Gasteiger partial charge in [0.05, 0.1) is 18.3 Å². The van der Waals surface area contributed by atoms with E-state index in [1.807, 2.05) is 7.11 Å². The van der Waals surface area contributed by atoms with E-state index in [1.165, 1.54) is 25.7 Å². The van der Waals surface area contributed by atoms with E-state index in [2.05, 4.69) is 20.8 Å². The van der Waals surface area contributed by atoms with E-state index in [0.29, 0.717) is 6.10 Å². The van der Waals surface area contributed by atoms with Gasteiger partial charge in [-0.2, -0.15) is 0 Å². The molecule has 14 heavy (non-hydrogen) atoms. The first-order valence-electron chi connectivity index (χ1n) is 5.68. The van der Waals surface area contributed by atoms with Crippen LogP contribution in [-0.2, 0) is 9.47 Å². The van der Waals surface area contributed by atoms with Crippen LogP contribution in [0.15, 0.2) is 0 Å². The van der Waals surface area contributed by atoms with Gasteiger partial charge in [0.25, 0.3) is 0 Å². The van der Waals surface area contributed by atoms with Crippen molar-refractivity contribution in [1.82, 2.24) is 0 Å². The molecule has 0 amide bonds. The van der Waals surface area contributed by atoms with Crippen LogP contribution in [0, 0.1) is 5.92 Å². The van der Waals surface area contributed by atoms with Crippen LogP contribution in [0.1, 0.15) is 46.5 Å². The first-order valence-corrected chi connectivity index (χ1v) is 5.68. The van der Waals surface area contributed by atoms with Crippen molar-refractivity contribution >= 4 is 0 Å². The van der Waals surface area contributed by atoms with E-state index in [0.717, 1.165) is 12.5 Å². The number of methoxy groups -OCH3 is 1. The number of ether oxygens (including phenoxy) is 2. The second-order valence-electron chi connectivity index (χ2n) is 5.30. The zero-order valence-corrected chi connectivity index (χ0v) is 10.0. The molecule has 0 radical (unpaired) electrons. The minimum absolute atomic E-state index is 0.0120. The normalized spacial score (nSPS) is 29.1. The second kappa shape index (κ2) is 5.13. The standard InChI is InChI=1S/C12H24O2/c1-12(2,3)14-9-10-5-7-11(13-4)8-6-10/h10-11H,5-9H2,1-4H3/t10-,11-. The molecule has 1 aliphatic carbocycles. The van der Waals surface area contributed by atoms with Crippen LogP contribution in [0.5, 0.6) is 0 Å². The Morgan fingerprint density at radius 3 is 2.07 bits per heavy atom. The summed E-state index contributed by atoms with van der Waals surface area (Å²) < 4.78 is 11.1. The number of hydrogen-bond acceptors (Lipinski definition) is 2. The minimum atomic E-state index is 0.0120. The third-order valence-corrected chi connectivity index (χ3v) is 2.88. The molecule has 0 unspecified atom stereocenters. The van der Waals surface area contributed by atoms with E-state index < -0.39 is 0 Å². The summed E-state index contributed by atoms with van der Waals surface area (Å²) in [5, 5.41) is 0. The number of hydrogen-bond donors (Lipinski definition) is 0. The maximum absolute atomic E-state index is 5.80. The van der Waals surface area contributed by atoms with Gasteiger partial charge >= 0.3 is 0 Å². The van der Waals surface area contributed by atoms with Gasteiger partial charge in [-0.1, -0.05) is 0 Å². The average Bonchev–Trinajstić information content (AvgIpc) is 2.14. The summed E-state index contributed by atoms with van der Waals surface area (Å²) >= 11 is 0. The van der Waals surface area contributed by atoms with E-state index in [-0.39, 0.29) is 5.60 Å². The largest absolute Gasteiger partial charge is 0.381 e. The molecule has 1 rings (SSSR count). The fraction of sp³-hybridized carbons (Fsp3) is 1.00. The Morgan fingerprint density at radius 2 is 1.64 bits per heavy atom. The molecule has 0 N–H and O–H groups in total. The second-order valence-corrected chi connectivity index (χ2v) is 5.30. The summed E-state index contributed by atoms with van der Waals surface area (Å²) in [5.74, 6) is 0.751. The highest BCUT2D eigenvalue weighted by Gasteiger charge is 2.22. The Bertz CT molecular complexity index is 152. The predicted molar refractivity (Wildman–Crippen MR) is 58.5 cm³/mol. The first kappa shape index (κ1) is 12.0. The number of rotatable bonds is 3. The lowest BCUT2D eigenvalue weighted by atomic mass is 9.88. The van der Waals surface area contributed by atoms with Crippen LogP contribution >= 0.6 is 0 Å². The summed E-state index contributed by atoms with van der Waals surface area (Å²) in [6.45, 7) is 7.27. The molecular formula is C12H24O2. The minimum Gasteiger partial charge on any atom is -0.381 e. The van der Waals surface area contributed by atoms with Crippen molar-refractivity contribution in [1.29, 1.82) is 0 Å². The molecule has 2 heteroatoms. The van der Waals surface area contributed by atoms with Crippen molar-refractivity contribution in [3.05, 3.63) is 0 Å². The monoisotopic (exact) mass is 200 g/mol. The lowest BCUT2D eigenvalue weighted by Gasteiger charge is -2.30. The van der Waals surface area contributed by atoms with Crippen molar-refractivity contribution in [2.24, 2.45) is 5.92 Å². The highest BCUT2D eigenvalue weighted by molar-refractivity contribution is 4.73. The van der Waals surface area contributed by atoms with Crippen molar-refractivity contribution in [3.8, 4) is 0 Å². The van der Waals surface area contributed by atoms with Crippen LogP contribution in [0.4, 0.5) is 0 Å². The average molecular weight is 200 g/mol. The Labute approximate surface area is 88.0 Å². The molecule has 1 saturated carbocycles. The van der Waals surface area contributed by atoms with Crippen molar-refractivity contribution < 1.29 is 9.47 Å². The molecule has 0 bridgehead atoms. The molecule has 0 heterocycles. The van der Waals surface area contributed by atoms with Gasteiger partial charge in [-0.05, 0) is 52.4 Å². The molecule has 0 spiro atoms. The molecule has 1 aliphatic rings. The molecule has 0 aromatic rings. The molecule has 0 atom stereocenters. The summed E-state index contributed by atoms with van der Waals surface area (Å²) in [4.78, 5) is 0. The van der Waals surface area contributed by atoms with Gasteiger partial charge in [0.2, 0.25) is 0 Å². The topological polar surface area (TPSA) is 18.5 Å². The van der Waals surface area contributed by atoms with E-state index in [4.69, 9.17) is 9.47 Å². The predicted octanol–water partition coefficient (Wildman–Crippen LogP) is 3.01. The Morgan fingerprint density at radius 1 is 1.07 bits per heavy atom. The van der Waals surface area contributed by atoms with Gasteiger partial charge in [0.1, 0.15) is 0 Å². The maximum Gasteiger partial charge on any atom is 0.0598 e. The summed E-state index contributed by atoms with van der Waals surface area (Å²) in [6.07, 6.45) is 5.42. The fourth-order valence-electron chi connectivity index (χ4n) is 1.90. The molecule has 0 saturated heterocycles. The van der Waals surface area contributed by atoms with Crippen LogP contribution in [0.2, 0.25) is 0 Å². The molecule has 0 aromatic carbocycles. The zero-order valence-electron chi connectivity index (χ0n) is 10.0. The third kappa shape index (κ3) is 4.43. The summed E-state index contributed by atoms with van der Waals surface area (Å²) in [5.41, 5.74) is 0.0120. The van der Waals surface area contributed by atoms with Gasteiger partial charge < -0.3 is 9.47 Å². The Hall–Kier alpha value is -0.0800. The molecular weight excluding hydrogens is 176 g/mol. The van der Waals surface area contributed by atoms with Gasteiger partial charge in [-0.25, -0.2) is 0 Å². The fourth-order valence-corrected chi connectivity index (χ4v) is 1.90. The van der Waals surface area contributed by atoms with E-state index in [9.17, 15) is 0 Å². The van der Waals surface area contributed by atoms with E-state index >= 15 is 0 Å². The van der Waals surface area contributed by atoms with Crippen molar-refractivity contribution in [2.45, 2.75) is 58.2 Å². The Kier molecular flexibility index (Phi) is 4.39. The molecule has 1 fully saturated rings. The smallest absolute Gasteiger partial charge is 0.0598 e. The first-order chi connectivity index (χ1) is 6.51. The highest BCUT2D eigenvalue weighted by atomic mass is 16.5. The summed E-state index contributed by atoms with van der Waals surface area (Å²) in [7, 11) is 1.82. The SMILES string of the molecule is CO[C@H]1CC[C@H](COC(C)(C)C)CC1. The van der Waals surface area contributed by atoms with Crippen LogP contribution in [0.25, 0.3) is 0 Å². The molecule has 0 aromatic heterocycles. The molecule has 84 valence electrons. The van der Waals surface area contributed by atoms with Crippen LogP contribution < -0.4 is 0 Å². The van der Waals surface area contributed by atoms with Crippen LogP contribution in [-0.4, -0.2) is 25.4 Å². The zero-order chi connectivity index (χ0) is 10.6. The summed E-state index contributed by atoms with van der Waals surface area (Å²) in [6, 6.07) is 0. The molecule has 0 aliphatic heterocycles. The highest BCUT2D eigenvalue weighted by Crippen LogP contribution is 2.27. The lowest BCUT2D eigenvalue weighted by Crippen LogP contribution is -2.27.